The van der Waals surface area contributed by atoms with Crippen LogP contribution in [-0.2, 0) is 14.3 Å². The molecule has 0 spiro atoms. The smallest absolute Gasteiger partial charge is 0.326 e. The largest absolute Gasteiger partial charge is 0.480 e. The van der Waals surface area contributed by atoms with Crippen LogP contribution >= 0.6 is 0 Å². The molecule has 1 amide bonds. The third-order valence-corrected chi connectivity index (χ3v) is 3.79. The fourth-order valence-electron chi connectivity index (χ4n) is 2.59. The van der Waals surface area contributed by atoms with E-state index in [0.29, 0.717) is 13.0 Å². The van der Waals surface area contributed by atoms with Gasteiger partial charge in [0, 0.05) is 18.6 Å². The Morgan fingerprint density at radius 3 is 2.79 bits per heavy atom. The maximum absolute atomic E-state index is 12.0. The second-order valence-electron chi connectivity index (χ2n) is 5.49. The van der Waals surface area contributed by atoms with Gasteiger partial charge in [0.2, 0.25) is 5.91 Å². The number of benzene rings is 1. The molecule has 1 fully saturated rings. The zero-order chi connectivity index (χ0) is 17.5. The minimum atomic E-state index is -1.12. The molecular formula is C15H19N3O6. The highest BCUT2D eigenvalue weighted by Crippen LogP contribution is 2.23. The van der Waals surface area contributed by atoms with Gasteiger partial charge in [-0.2, -0.15) is 0 Å². The Balaban J connectivity index is 1.94. The number of rotatable bonds is 7. The Hall–Kier alpha value is -2.68. The molecule has 24 heavy (non-hydrogen) atoms. The SMILES string of the molecule is O=C(CNc1ccccc1[N+](=O)[O-])NC(C(=O)O)C1CCCOC1. The average Bonchev–Trinajstić information content (AvgIpc) is 2.58. The number of ether oxygens (including phenoxy) is 1. The van der Waals surface area contributed by atoms with Crippen LogP contribution in [-0.4, -0.2) is 47.7 Å². The second kappa shape index (κ2) is 8.25. The van der Waals surface area contributed by atoms with Gasteiger partial charge in [0.25, 0.3) is 5.69 Å². The summed E-state index contributed by atoms with van der Waals surface area (Å²) in [7, 11) is 0. The molecule has 0 saturated carbocycles. The summed E-state index contributed by atoms with van der Waals surface area (Å²) in [6.45, 7) is 0.618. The Kier molecular flexibility index (Phi) is 6.07. The van der Waals surface area contributed by atoms with E-state index >= 15 is 0 Å². The lowest BCUT2D eigenvalue weighted by Gasteiger charge is -2.28. The second-order valence-corrected chi connectivity index (χ2v) is 5.49. The number of anilines is 1. The highest BCUT2D eigenvalue weighted by molar-refractivity contribution is 5.86. The van der Waals surface area contributed by atoms with Gasteiger partial charge in [-0.15, -0.1) is 0 Å². The molecule has 0 aliphatic carbocycles. The molecule has 0 bridgehead atoms. The van der Waals surface area contributed by atoms with Crippen LogP contribution in [0.1, 0.15) is 12.8 Å². The van der Waals surface area contributed by atoms with Crippen LogP contribution in [0, 0.1) is 16.0 Å². The summed E-state index contributed by atoms with van der Waals surface area (Å²) in [5, 5.41) is 25.3. The lowest BCUT2D eigenvalue weighted by molar-refractivity contribution is -0.383. The van der Waals surface area contributed by atoms with Crippen molar-refractivity contribution in [2.75, 3.05) is 25.1 Å². The normalized spacial score (nSPS) is 18.4. The summed E-state index contributed by atoms with van der Waals surface area (Å²) in [4.78, 5) is 33.7. The number of aliphatic carboxylic acids is 1. The number of nitrogens with one attached hydrogen (secondary N) is 2. The number of nitro benzene ring substituents is 1. The molecule has 1 heterocycles. The molecule has 9 heteroatoms. The molecule has 0 aromatic heterocycles. The van der Waals surface area contributed by atoms with Gasteiger partial charge < -0.3 is 20.5 Å². The number of carbonyl (C=O) groups is 2. The summed E-state index contributed by atoms with van der Waals surface area (Å²) in [6, 6.07) is 4.89. The number of hydrogen-bond acceptors (Lipinski definition) is 6. The summed E-state index contributed by atoms with van der Waals surface area (Å²) in [5.41, 5.74) is 0.0475. The minimum absolute atomic E-state index is 0.152. The fourth-order valence-corrected chi connectivity index (χ4v) is 2.59. The maximum atomic E-state index is 12.0. The highest BCUT2D eigenvalue weighted by atomic mass is 16.6. The van der Waals surface area contributed by atoms with E-state index < -0.39 is 22.8 Å². The number of carbonyl (C=O) groups excluding carboxylic acids is 1. The third kappa shape index (κ3) is 4.66. The molecule has 130 valence electrons. The van der Waals surface area contributed by atoms with E-state index in [2.05, 4.69) is 10.6 Å². The molecule has 0 radical (unpaired) electrons. The Morgan fingerprint density at radius 1 is 1.42 bits per heavy atom. The Labute approximate surface area is 138 Å². The molecule has 3 N–H and O–H groups in total. The van der Waals surface area contributed by atoms with E-state index in [9.17, 15) is 24.8 Å². The third-order valence-electron chi connectivity index (χ3n) is 3.79. The number of nitro groups is 1. The van der Waals surface area contributed by atoms with E-state index in [1.165, 1.54) is 18.2 Å². The van der Waals surface area contributed by atoms with Crippen molar-refractivity contribution >= 4 is 23.3 Å². The molecule has 2 atom stereocenters. The first-order valence-corrected chi connectivity index (χ1v) is 7.56. The highest BCUT2D eigenvalue weighted by Gasteiger charge is 2.31. The van der Waals surface area contributed by atoms with Gasteiger partial charge in [-0.25, -0.2) is 4.79 Å². The van der Waals surface area contributed by atoms with Crippen molar-refractivity contribution < 1.29 is 24.4 Å². The van der Waals surface area contributed by atoms with Gasteiger partial charge in [-0.3, -0.25) is 14.9 Å². The minimum Gasteiger partial charge on any atom is -0.480 e. The summed E-state index contributed by atoms with van der Waals surface area (Å²) >= 11 is 0. The first-order valence-electron chi connectivity index (χ1n) is 7.56. The van der Waals surface area contributed by atoms with E-state index in [-0.39, 0.29) is 30.4 Å². The predicted octanol–water partition coefficient (Wildman–Crippen LogP) is 1.00. The molecule has 1 aromatic rings. The number of hydrogen-bond donors (Lipinski definition) is 3. The summed E-state index contributed by atoms with van der Waals surface area (Å²) in [6.07, 6.45) is 1.41. The first kappa shape index (κ1) is 17.7. The zero-order valence-corrected chi connectivity index (χ0v) is 12.9. The van der Waals surface area contributed by atoms with Crippen molar-refractivity contribution in [3.8, 4) is 0 Å². The molecular weight excluding hydrogens is 318 g/mol. The molecule has 9 nitrogen and oxygen atoms in total. The van der Waals surface area contributed by atoms with Gasteiger partial charge in [0.05, 0.1) is 18.1 Å². The van der Waals surface area contributed by atoms with Crippen molar-refractivity contribution in [3.63, 3.8) is 0 Å². The van der Waals surface area contributed by atoms with Crippen LogP contribution in [0.25, 0.3) is 0 Å². The van der Waals surface area contributed by atoms with Crippen molar-refractivity contribution in [2.24, 2.45) is 5.92 Å². The van der Waals surface area contributed by atoms with Crippen LogP contribution in [0.3, 0.4) is 0 Å². The number of amides is 1. The molecule has 2 unspecified atom stereocenters. The van der Waals surface area contributed by atoms with Crippen LogP contribution < -0.4 is 10.6 Å². The Morgan fingerprint density at radius 2 is 2.17 bits per heavy atom. The fraction of sp³-hybridized carbons (Fsp3) is 0.467. The van der Waals surface area contributed by atoms with Crippen LogP contribution in [0.2, 0.25) is 0 Å². The molecule has 1 aliphatic heterocycles. The first-order chi connectivity index (χ1) is 11.5. The lowest BCUT2D eigenvalue weighted by Crippen LogP contribution is -2.49. The lowest BCUT2D eigenvalue weighted by atomic mass is 9.93. The number of nitrogens with zero attached hydrogens (tertiary/aromatic N) is 1. The van der Waals surface area contributed by atoms with Gasteiger partial charge in [-0.05, 0) is 18.9 Å². The van der Waals surface area contributed by atoms with Crippen LogP contribution in [0.15, 0.2) is 24.3 Å². The van der Waals surface area contributed by atoms with E-state index in [0.717, 1.165) is 6.42 Å². The van der Waals surface area contributed by atoms with Crippen molar-refractivity contribution in [2.45, 2.75) is 18.9 Å². The summed E-state index contributed by atoms with van der Waals surface area (Å²) in [5.74, 6) is -1.96. The molecule has 1 aliphatic rings. The molecule has 2 rings (SSSR count). The maximum Gasteiger partial charge on any atom is 0.326 e. The quantitative estimate of drug-likeness (QED) is 0.499. The standard InChI is InChI=1S/C15H19N3O6/c19-13(8-16-11-5-1-2-6-12(11)18(22)23)17-14(15(20)21)10-4-3-7-24-9-10/h1-2,5-6,10,14,16H,3-4,7-9H2,(H,17,19)(H,20,21). The van der Waals surface area contributed by atoms with Crippen molar-refractivity contribution in [1.82, 2.24) is 5.32 Å². The zero-order valence-electron chi connectivity index (χ0n) is 12.9. The van der Waals surface area contributed by atoms with Crippen LogP contribution in [0.4, 0.5) is 11.4 Å². The topological polar surface area (TPSA) is 131 Å². The predicted molar refractivity (Wildman–Crippen MR) is 84.7 cm³/mol. The van der Waals surface area contributed by atoms with E-state index in [1.54, 1.807) is 6.07 Å². The van der Waals surface area contributed by atoms with E-state index in [4.69, 9.17) is 4.74 Å². The van der Waals surface area contributed by atoms with Gasteiger partial charge in [0.15, 0.2) is 0 Å². The van der Waals surface area contributed by atoms with Crippen molar-refractivity contribution in [1.29, 1.82) is 0 Å². The van der Waals surface area contributed by atoms with Crippen LogP contribution in [0.5, 0.6) is 0 Å². The molecule has 1 saturated heterocycles. The van der Waals surface area contributed by atoms with Crippen molar-refractivity contribution in [3.05, 3.63) is 34.4 Å². The molecule has 1 aromatic carbocycles. The van der Waals surface area contributed by atoms with Gasteiger partial charge >= 0.3 is 5.97 Å². The van der Waals surface area contributed by atoms with E-state index in [1.807, 2.05) is 0 Å². The number of carboxylic acids is 1. The summed E-state index contributed by atoms with van der Waals surface area (Å²) < 4.78 is 5.26. The average molecular weight is 337 g/mol. The van der Waals surface area contributed by atoms with Gasteiger partial charge in [-0.1, -0.05) is 12.1 Å². The number of para-hydroxylation sites is 2. The Bertz CT molecular complexity index is 615. The number of carboxylic acid groups (broad SMARTS) is 1. The van der Waals surface area contributed by atoms with Gasteiger partial charge in [0.1, 0.15) is 11.7 Å². The monoisotopic (exact) mass is 337 g/mol.